The molecule has 0 aliphatic carbocycles. The lowest BCUT2D eigenvalue weighted by atomic mass is 9.91. The fourth-order valence-electron chi connectivity index (χ4n) is 3.29. The van der Waals surface area contributed by atoms with Gasteiger partial charge in [-0.05, 0) is 18.6 Å². The van der Waals surface area contributed by atoms with Gasteiger partial charge in [0, 0.05) is 31.7 Å². The molecule has 0 saturated carbocycles. The molecule has 3 aliphatic rings. The minimum atomic E-state index is 0.628. The Morgan fingerprint density at radius 1 is 1.33 bits per heavy atom. The molecular formula is C16H19N3O2. The van der Waals surface area contributed by atoms with Gasteiger partial charge in [0.1, 0.15) is 12.0 Å². The minimum absolute atomic E-state index is 0.628. The van der Waals surface area contributed by atoms with Crippen molar-refractivity contribution in [3.8, 4) is 17.2 Å². The molecule has 4 heterocycles. The van der Waals surface area contributed by atoms with Crippen molar-refractivity contribution in [2.75, 3.05) is 20.2 Å². The molecule has 0 spiro atoms. The van der Waals surface area contributed by atoms with Crippen molar-refractivity contribution in [3.05, 3.63) is 36.2 Å². The largest absolute Gasteiger partial charge is 0.496 e. The first-order chi connectivity index (χ1) is 10.3. The van der Waals surface area contributed by atoms with E-state index in [1.807, 2.05) is 24.3 Å². The maximum Gasteiger partial charge on any atom is 0.229 e. The summed E-state index contributed by atoms with van der Waals surface area (Å²) >= 11 is 0. The molecule has 0 radical (unpaired) electrons. The van der Waals surface area contributed by atoms with Crippen LogP contribution in [-0.2, 0) is 6.54 Å². The summed E-state index contributed by atoms with van der Waals surface area (Å²) in [6.45, 7) is 3.06. The lowest BCUT2D eigenvalue weighted by Crippen LogP contribution is -2.66. The van der Waals surface area contributed by atoms with Crippen molar-refractivity contribution in [2.24, 2.45) is 0 Å². The van der Waals surface area contributed by atoms with Crippen molar-refractivity contribution < 1.29 is 9.15 Å². The Labute approximate surface area is 123 Å². The zero-order chi connectivity index (χ0) is 14.2. The Morgan fingerprint density at radius 2 is 2.10 bits per heavy atom. The number of ether oxygens (including phenoxy) is 1. The van der Waals surface area contributed by atoms with Crippen LogP contribution in [0, 0.1) is 0 Å². The third-order valence-electron chi connectivity index (χ3n) is 4.27. The number of nitrogens with one attached hydrogen (secondary N) is 1. The monoisotopic (exact) mass is 285 g/mol. The average Bonchev–Trinajstić information content (AvgIpc) is 2.94. The van der Waals surface area contributed by atoms with E-state index in [1.54, 1.807) is 13.4 Å². The fourth-order valence-corrected chi connectivity index (χ4v) is 3.29. The van der Waals surface area contributed by atoms with Crippen LogP contribution in [0.25, 0.3) is 11.5 Å². The number of benzene rings is 1. The average molecular weight is 285 g/mol. The van der Waals surface area contributed by atoms with Gasteiger partial charge in [-0.1, -0.05) is 12.1 Å². The van der Waals surface area contributed by atoms with Crippen LogP contribution in [0.1, 0.15) is 12.1 Å². The van der Waals surface area contributed by atoms with E-state index in [4.69, 9.17) is 9.15 Å². The normalized spacial score (nSPS) is 24.6. The Hall–Kier alpha value is -1.85. The van der Waals surface area contributed by atoms with Gasteiger partial charge in [0.2, 0.25) is 5.89 Å². The van der Waals surface area contributed by atoms with Crippen LogP contribution >= 0.6 is 0 Å². The number of piperazine rings is 1. The number of piperidine rings is 1. The molecule has 3 saturated heterocycles. The summed E-state index contributed by atoms with van der Waals surface area (Å²) in [5.74, 6) is 1.41. The van der Waals surface area contributed by atoms with Crippen LogP contribution in [0.3, 0.4) is 0 Å². The van der Waals surface area contributed by atoms with E-state index in [0.717, 1.165) is 36.6 Å². The van der Waals surface area contributed by atoms with E-state index in [1.165, 1.54) is 6.42 Å². The van der Waals surface area contributed by atoms with Crippen molar-refractivity contribution in [2.45, 2.75) is 25.0 Å². The summed E-state index contributed by atoms with van der Waals surface area (Å²) in [5.41, 5.74) is 1.88. The highest BCUT2D eigenvalue weighted by Crippen LogP contribution is 2.29. The molecule has 2 aromatic rings. The summed E-state index contributed by atoms with van der Waals surface area (Å²) in [6, 6.07) is 9.14. The molecule has 1 N–H and O–H groups in total. The number of methoxy groups -OCH3 is 1. The first-order valence-corrected chi connectivity index (χ1v) is 7.38. The Balaban J connectivity index is 1.50. The summed E-state index contributed by atoms with van der Waals surface area (Å²) in [6.07, 6.45) is 3.08. The second-order valence-corrected chi connectivity index (χ2v) is 5.83. The number of para-hydroxylation sites is 1. The number of hydrogen-bond acceptors (Lipinski definition) is 5. The lowest BCUT2D eigenvalue weighted by molar-refractivity contribution is 0.0717. The smallest absolute Gasteiger partial charge is 0.229 e. The SMILES string of the molecule is COc1ccccc1-c1nc(CN2CC3CC(C2)N3)co1. The van der Waals surface area contributed by atoms with Gasteiger partial charge in [0.15, 0.2) is 0 Å². The van der Waals surface area contributed by atoms with Crippen LogP contribution in [0.2, 0.25) is 0 Å². The highest BCUT2D eigenvalue weighted by molar-refractivity contribution is 5.62. The molecule has 3 fully saturated rings. The zero-order valence-corrected chi connectivity index (χ0v) is 12.1. The number of aromatic nitrogens is 1. The van der Waals surface area contributed by atoms with E-state index in [2.05, 4.69) is 15.2 Å². The summed E-state index contributed by atoms with van der Waals surface area (Å²) in [7, 11) is 1.66. The summed E-state index contributed by atoms with van der Waals surface area (Å²) in [4.78, 5) is 7.06. The van der Waals surface area contributed by atoms with Gasteiger partial charge >= 0.3 is 0 Å². The topological polar surface area (TPSA) is 50.5 Å². The molecule has 21 heavy (non-hydrogen) atoms. The predicted molar refractivity (Wildman–Crippen MR) is 79.1 cm³/mol. The van der Waals surface area contributed by atoms with Gasteiger partial charge in [-0.3, -0.25) is 4.90 Å². The molecule has 5 heteroatoms. The van der Waals surface area contributed by atoms with E-state index in [9.17, 15) is 0 Å². The molecular weight excluding hydrogens is 266 g/mol. The molecule has 2 bridgehead atoms. The molecule has 5 rings (SSSR count). The lowest BCUT2D eigenvalue weighted by Gasteiger charge is -2.48. The number of rotatable bonds is 4. The second kappa shape index (κ2) is 5.16. The standard InChI is InChI=1S/C16H19N3O2/c1-20-15-5-3-2-4-14(15)16-18-13(10-21-16)9-19-7-11-6-12(8-19)17-11/h2-5,10-12,17H,6-9H2,1H3. The van der Waals surface area contributed by atoms with E-state index >= 15 is 0 Å². The van der Waals surface area contributed by atoms with Crippen molar-refractivity contribution in [3.63, 3.8) is 0 Å². The summed E-state index contributed by atoms with van der Waals surface area (Å²) < 4.78 is 11.0. The van der Waals surface area contributed by atoms with E-state index in [0.29, 0.717) is 18.0 Å². The number of nitrogens with zero attached hydrogens (tertiary/aromatic N) is 2. The van der Waals surface area contributed by atoms with Crippen LogP contribution in [0.5, 0.6) is 5.75 Å². The fraction of sp³-hybridized carbons (Fsp3) is 0.438. The van der Waals surface area contributed by atoms with Crippen LogP contribution in [0.15, 0.2) is 34.9 Å². The molecule has 1 aromatic heterocycles. The second-order valence-electron chi connectivity index (χ2n) is 5.83. The van der Waals surface area contributed by atoms with Gasteiger partial charge in [-0.15, -0.1) is 0 Å². The highest BCUT2D eigenvalue weighted by Gasteiger charge is 2.36. The van der Waals surface area contributed by atoms with Gasteiger partial charge < -0.3 is 14.5 Å². The number of hydrogen-bond donors (Lipinski definition) is 1. The van der Waals surface area contributed by atoms with Gasteiger partial charge in [-0.2, -0.15) is 0 Å². The Bertz CT molecular complexity index is 624. The van der Waals surface area contributed by atoms with Gasteiger partial charge in [-0.25, -0.2) is 4.98 Å². The molecule has 1 aromatic carbocycles. The maximum atomic E-state index is 5.64. The first-order valence-electron chi connectivity index (χ1n) is 7.38. The molecule has 2 unspecified atom stereocenters. The van der Waals surface area contributed by atoms with Crippen molar-refractivity contribution >= 4 is 0 Å². The quantitative estimate of drug-likeness (QED) is 0.930. The van der Waals surface area contributed by atoms with Crippen LogP contribution in [-0.4, -0.2) is 42.2 Å². The van der Waals surface area contributed by atoms with Crippen molar-refractivity contribution in [1.82, 2.24) is 15.2 Å². The maximum absolute atomic E-state index is 5.64. The third-order valence-corrected chi connectivity index (χ3v) is 4.27. The zero-order valence-electron chi connectivity index (χ0n) is 12.1. The van der Waals surface area contributed by atoms with E-state index < -0.39 is 0 Å². The number of oxazole rings is 1. The predicted octanol–water partition coefficient (Wildman–Crippen LogP) is 1.90. The summed E-state index contributed by atoms with van der Waals surface area (Å²) in [5, 5.41) is 3.54. The van der Waals surface area contributed by atoms with Crippen LogP contribution < -0.4 is 10.1 Å². The minimum Gasteiger partial charge on any atom is -0.496 e. The van der Waals surface area contributed by atoms with Crippen LogP contribution in [0.4, 0.5) is 0 Å². The molecule has 110 valence electrons. The first kappa shape index (κ1) is 12.9. The third kappa shape index (κ3) is 2.43. The molecule has 2 atom stereocenters. The van der Waals surface area contributed by atoms with Gasteiger partial charge in [0.05, 0.1) is 18.4 Å². The molecule has 0 amide bonds. The highest BCUT2D eigenvalue weighted by atomic mass is 16.5. The van der Waals surface area contributed by atoms with Crippen molar-refractivity contribution in [1.29, 1.82) is 0 Å². The Kier molecular flexibility index (Phi) is 3.16. The molecule has 5 nitrogen and oxygen atoms in total. The Morgan fingerprint density at radius 3 is 2.86 bits per heavy atom. The number of fused-ring (bicyclic) bond motifs is 2. The van der Waals surface area contributed by atoms with Gasteiger partial charge in [0.25, 0.3) is 0 Å². The van der Waals surface area contributed by atoms with E-state index in [-0.39, 0.29) is 0 Å². The molecule has 3 aliphatic heterocycles.